The monoisotopic (exact) mass is 433 g/mol. The number of carbonyl (C=O) groups is 2. The summed E-state index contributed by atoms with van der Waals surface area (Å²) in [5.74, 6) is -0.737. The average molecular weight is 434 g/mol. The van der Waals surface area contributed by atoms with E-state index in [9.17, 15) is 9.59 Å². The summed E-state index contributed by atoms with van der Waals surface area (Å²) in [6.45, 7) is 2.17. The van der Waals surface area contributed by atoms with Crippen LogP contribution in [0.5, 0.6) is 0 Å². The van der Waals surface area contributed by atoms with Crippen molar-refractivity contribution in [3.63, 3.8) is 0 Å². The molecule has 0 spiro atoms. The number of esters is 1. The number of nitrogens with zero attached hydrogens (tertiary/aromatic N) is 2. The van der Waals surface area contributed by atoms with Crippen LogP contribution in [0.25, 0.3) is 22.2 Å². The third-order valence-corrected chi connectivity index (χ3v) is 5.50. The lowest BCUT2D eigenvalue weighted by Gasteiger charge is -2.08. The SMILES string of the molecule is COC(=O)c1ccc(-c2nn(C(=O)c3c(C)cccc3Cl)c3cc(CN)ccc23)cc1. The van der Waals surface area contributed by atoms with Gasteiger partial charge in [0.25, 0.3) is 5.91 Å². The fourth-order valence-corrected chi connectivity index (χ4v) is 3.85. The van der Waals surface area contributed by atoms with E-state index < -0.39 is 5.97 Å². The number of carbonyl (C=O) groups excluding carboxylic acids is 2. The van der Waals surface area contributed by atoms with Gasteiger partial charge in [0, 0.05) is 17.5 Å². The predicted octanol–water partition coefficient (Wildman–Crippen LogP) is 4.60. The first-order chi connectivity index (χ1) is 14.9. The van der Waals surface area contributed by atoms with Crippen molar-refractivity contribution in [2.75, 3.05) is 7.11 Å². The molecule has 0 bridgehead atoms. The number of aryl methyl sites for hydroxylation is 1. The van der Waals surface area contributed by atoms with Crippen LogP contribution in [0, 0.1) is 6.92 Å². The molecule has 156 valence electrons. The Morgan fingerprint density at radius 1 is 1.10 bits per heavy atom. The van der Waals surface area contributed by atoms with Gasteiger partial charge in [0.15, 0.2) is 0 Å². The van der Waals surface area contributed by atoms with Gasteiger partial charge < -0.3 is 10.5 Å². The van der Waals surface area contributed by atoms with E-state index in [0.29, 0.717) is 33.9 Å². The molecule has 0 aliphatic carbocycles. The van der Waals surface area contributed by atoms with Crippen molar-refractivity contribution in [2.24, 2.45) is 5.73 Å². The van der Waals surface area contributed by atoms with Crippen LogP contribution in [-0.4, -0.2) is 28.8 Å². The van der Waals surface area contributed by atoms with Gasteiger partial charge in [-0.15, -0.1) is 0 Å². The van der Waals surface area contributed by atoms with Gasteiger partial charge in [-0.2, -0.15) is 9.78 Å². The second-order valence-corrected chi connectivity index (χ2v) is 7.53. The molecule has 4 rings (SSSR count). The summed E-state index contributed by atoms with van der Waals surface area (Å²) in [6, 6.07) is 17.9. The molecule has 0 radical (unpaired) electrons. The number of aromatic nitrogens is 2. The van der Waals surface area contributed by atoms with E-state index in [4.69, 9.17) is 22.1 Å². The molecule has 4 aromatic rings. The Morgan fingerprint density at radius 3 is 2.48 bits per heavy atom. The van der Waals surface area contributed by atoms with Crippen molar-refractivity contribution in [1.29, 1.82) is 0 Å². The normalized spacial score (nSPS) is 11.0. The molecule has 0 unspecified atom stereocenters. The number of rotatable bonds is 4. The van der Waals surface area contributed by atoms with E-state index in [2.05, 4.69) is 5.10 Å². The maximum absolute atomic E-state index is 13.5. The Morgan fingerprint density at radius 2 is 1.84 bits per heavy atom. The highest BCUT2D eigenvalue weighted by atomic mass is 35.5. The minimum Gasteiger partial charge on any atom is -0.465 e. The first kappa shape index (κ1) is 20.8. The summed E-state index contributed by atoms with van der Waals surface area (Å²) in [6.07, 6.45) is 0. The summed E-state index contributed by atoms with van der Waals surface area (Å²) >= 11 is 6.34. The van der Waals surface area contributed by atoms with Gasteiger partial charge in [0.1, 0.15) is 5.69 Å². The van der Waals surface area contributed by atoms with Crippen molar-refractivity contribution in [1.82, 2.24) is 9.78 Å². The molecule has 31 heavy (non-hydrogen) atoms. The Kier molecular flexibility index (Phi) is 5.59. The summed E-state index contributed by atoms with van der Waals surface area (Å²) < 4.78 is 6.12. The fourth-order valence-electron chi connectivity index (χ4n) is 3.55. The molecule has 0 saturated heterocycles. The molecule has 0 saturated carbocycles. The number of methoxy groups -OCH3 is 1. The molecule has 7 heteroatoms. The van der Waals surface area contributed by atoms with E-state index in [0.717, 1.165) is 22.1 Å². The number of hydrogen-bond acceptors (Lipinski definition) is 5. The second-order valence-electron chi connectivity index (χ2n) is 7.12. The molecule has 1 heterocycles. The lowest BCUT2D eigenvalue weighted by Crippen LogP contribution is -2.15. The third kappa shape index (κ3) is 3.71. The van der Waals surface area contributed by atoms with Crippen molar-refractivity contribution in [2.45, 2.75) is 13.5 Å². The van der Waals surface area contributed by atoms with Crippen LogP contribution in [0.3, 0.4) is 0 Å². The van der Waals surface area contributed by atoms with Gasteiger partial charge in [-0.1, -0.05) is 48.0 Å². The maximum Gasteiger partial charge on any atom is 0.337 e. The van der Waals surface area contributed by atoms with E-state index in [1.165, 1.54) is 11.8 Å². The minimum absolute atomic E-state index is 0.320. The van der Waals surface area contributed by atoms with E-state index >= 15 is 0 Å². The Bertz CT molecular complexity index is 1290. The van der Waals surface area contributed by atoms with Crippen LogP contribution < -0.4 is 5.73 Å². The first-order valence-electron chi connectivity index (χ1n) is 9.65. The van der Waals surface area contributed by atoms with Crippen LogP contribution in [-0.2, 0) is 11.3 Å². The van der Waals surface area contributed by atoms with Gasteiger partial charge in [0.05, 0.1) is 28.8 Å². The van der Waals surface area contributed by atoms with Crippen molar-refractivity contribution in [3.05, 3.63) is 87.9 Å². The summed E-state index contributed by atoms with van der Waals surface area (Å²) in [5.41, 5.74) is 10.3. The molecule has 2 N–H and O–H groups in total. The predicted molar refractivity (Wildman–Crippen MR) is 120 cm³/mol. The third-order valence-electron chi connectivity index (χ3n) is 5.19. The number of fused-ring (bicyclic) bond motifs is 1. The summed E-state index contributed by atoms with van der Waals surface area (Å²) in [4.78, 5) is 25.2. The van der Waals surface area contributed by atoms with Crippen LogP contribution in [0.2, 0.25) is 5.02 Å². The fraction of sp³-hybridized carbons (Fsp3) is 0.125. The Labute approximate surface area is 184 Å². The molecule has 0 aliphatic rings. The quantitative estimate of drug-likeness (QED) is 0.475. The molecule has 6 nitrogen and oxygen atoms in total. The van der Waals surface area contributed by atoms with Crippen LogP contribution in [0.4, 0.5) is 0 Å². The Balaban J connectivity index is 1.91. The number of nitrogens with two attached hydrogens (primary N) is 1. The lowest BCUT2D eigenvalue weighted by atomic mass is 10.0. The largest absolute Gasteiger partial charge is 0.465 e. The maximum atomic E-state index is 13.5. The highest BCUT2D eigenvalue weighted by Gasteiger charge is 2.22. The molecule has 0 aliphatic heterocycles. The van der Waals surface area contributed by atoms with Gasteiger partial charge in [0.2, 0.25) is 0 Å². The van der Waals surface area contributed by atoms with Gasteiger partial charge >= 0.3 is 5.97 Å². The number of ether oxygens (including phenoxy) is 1. The zero-order chi connectivity index (χ0) is 22.1. The minimum atomic E-state index is -0.418. The number of benzene rings is 3. The molecule has 0 amide bonds. The van der Waals surface area contributed by atoms with Gasteiger partial charge in [-0.3, -0.25) is 4.79 Å². The molecule has 1 aromatic heterocycles. The number of halogens is 1. The standard InChI is InChI=1S/C24H20ClN3O3/c1-14-4-3-5-19(25)21(14)23(29)28-20-12-15(13-26)6-11-18(20)22(27-28)16-7-9-17(10-8-16)24(30)31-2/h3-12H,13,26H2,1-2H3. The van der Waals surface area contributed by atoms with E-state index in [1.54, 1.807) is 36.4 Å². The average Bonchev–Trinajstić information content (AvgIpc) is 3.17. The van der Waals surface area contributed by atoms with Crippen molar-refractivity contribution >= 4 is 34.4 Å². The molecule has 0 fully saturated rings. The smallest absolute Gasteiger partial charge is 0.337 e. The highest BCUT2D eigenvalue weighted by Crippen LogP contribution is 2.31. The second kappa shape index (κ2) is 8.34. The number of hydrogen-bond donors (Lipinski definition) is 1. The first-order valence-corrected chi connectivity index (χ1v) is 10.0. The molecule has 0 atom stereocenters. The highest BCUT2D eigenvalue weighted by molar-refractivity contribution is 6.34. The van der Waals surface area contributed by atoms with Crippen LogP contribution >= 0.6 is 11.6 Å². The van der Waals surface area contributed by atoms with Crippen molar-refractivity contribution in [3.8, 4) is 11.3 Å². The zero-order valence-electron chi connectivity index (χ0n) is 17.1. The van der Waals surface area contributed by atoms with Gasteiger partial charge in [-0.25, -0.2) is 4.79 Å². The summed E-state index contributed by atoms with van der Waals surface area (Å²) in [7, 11) is 1.34. The lowest BCUT2D eigenvalue weighted by molar-refractivity contribution is 0.0600. The molecular formula is C24H20ClN3O3. The summed E-state index contributed by atoms with van der Waals surface area (Å²) in [5, 5.41) is 5.80. The van der Waals surface area contributed by atoms with E-state index in [1.807, 2.05) is 31.2 Å². The molecule has 3 aromatic carbocycles. The van der Waals surface area contributed by atoms with Crippen LogP contribution in [0.1, 0.15) is 31.8 Å². The molecular weight excluding hydrogens is 414 g/mol. The topological polar surface area (TPSA) is 87.2 Å². The van der Waals surface area contributed by atoms with E-state index in [-0.39, 0.29) is 5.91 Å². The Hall–Kier alpha value is -3.48. The van der Waals surface area contributed by atoms with Crippen LogP contribution in [0.15, 0.2) is 60.7 Å². The van der Waals surface area contributed by atoms with Crippen molar-refractivity contribution < 1.29 is 14.3 Å². The zero-order valence-corrected chi connectivity index (χ0v) is 17.8. The van der Waals surface area contributed by atoms with Gasteiger partial charge in [-0.05, 0) is 42.3 Å².